The predicted octanol–water partition coefficient (Wildman–Crippen LogP) is 2.24. The Morgan fingerprint density at radius 1 is 0.964 bits per heavy atom. The number of anilines is 1. The van der Waals surface area contributed by atoms with Crippen LogP contribution in [0.15, 0.2) is 58.0 Å². The molecule has 1 aliphatic rings. The zero-order valence-electron chi connectivity index (χ0n) is 15.2. The van der Waals surface area contributed by atoms with Crippen LogP contribution in [0.4, 0.5) is 5.82 Å². The van der Waals surface area contributed by atoms with Gasteiger partial charge in [-0.25, -0.2) is 13.1 Å². The van der Waals surface area contributed by atoms with E-state index < -0.39 is 10.0 Å². The number of piperazine rings is 1. The summed E-state index contributed by atoms with van der Waals surface area (Å²) in [5.74, 6) is 1.37. The number of aryl methyl sites for hydroxylation is 1. The summed E-state index contributed by atoms with van der Waals surface area (Å²) < 4.78 is 29.6. The molecule has 0 aliphatic carbocycles. The van der Waals surface area contributed by atoms with E-state index in [1.165, 1.54) is 4.31 Å². The molecular weight excluding hydrogens is 444 g/mol. The summed E-state index contributed by atoms with van der Waals surface area (Å²) in [4.78, 5) is 2.34. The van der Waals surface area contributed by atoms with Crippen LogP contribution in [0.5, 0.6) is 0 Å². The number of halogens is 1. The predicted molar refractivity (Wildman–Crippen MR) is 109 cm³/mol. The molecule has 8 nitrogen and oxygen atoms in total. The van der Waals surface area contributed by atoms with Gasteiger partial charge in [-0.2, -0.15) is 9.40 Å². The first-order chi connectivity index (χ1) is 13.4. The Hall–Kier alpha value is -2.30. The molecule has 3 aromatic rings. The molecule has 1 fully saturated rings. The lowest BCUT2D eigenvalue weighted by atomic mass is 10.3. The van der Waals surface area contributed by atoms with Crippen LogP contribution in [0.3, 0.4) is 0 Å². The van der Waals surface area contributed by atoms with Crippen molar-refractivity contribution in [3.8, 4) is 5.82 Å². The Labute approximate surface area is 172 Å². The molecule has 1 aliphatic heterocycles. The molecular formula is C18H19BrN6O2S. The first-order valence-corrected chi connectivity index (χ1v) is 11.0. The average molecular weight is 463 g/mol. The molecule has 28 heavy (non-hydrogen) atoms. The number of rotatable bonds is 4. The van der Waals surface area contributed by atoms with Gasteiger partial charge in [0.2, 0.25) is 10.0 Å². The van der Waals surface area contributed by atoms with Gasteiger partial charge >= 0.3 is 0 Å². The van der Waals surface area contributed by atoms with E-state index in [0.717, 1.165) is 16.0 Å². The van der Waals surface area contributed by atoms with Gasteiger partial charge in [0.25, 0.3) is 0 Å². The first kappa shape index (κ1) is 19.0. The van der Waals surface area contributed by atoms with E-state index in [1.807, 2.05) is 42.3 Å². The summed E-state index contributed by atoms with van der Waals surface area (Å²) in [6.45, 7) is 3.83. The molecule has 0 amide bonds. The highest BCUT2D eigenvalue weighted by molar-refractivity contribution is 9.10. The highest BCUT2D eigenvalue weighted by Gasteiger charge is 2.29. The zero-order chi connectivity index (χ0) is 19.7. The zero-order valence-corrected chi connectivity index (χ0v) is 17.6. The highest BCUT2D eigenvalue weighted by Crippen LogP contribution is 2.22. The number of hydrogen-bond donors (Lipinski definition) is 0. The molecule has 2 aromatic heterocycles. The fourth-order valence-corrected chi connectivity index (χ4v) is 5.11. The summed E-state index contributed by atoms with van der Waals surface area (Å²) >= 11 is 3.33. The van der Waals surface area contributed by atoms with Crippen LogP contribution in [0.25, 0.3) is 5.82 Å². The molecule has 0 radical (unpaired) electrons. The first-order valence-electron chi connectivity index (χ1n) is 8.80. The average Bonchev–Trinajstić information content (AvgIpc) is 3.15. The third-order valence-corrected chi connectivity index (χ3v) is 6.98. The van der Waals surface area contributed by atoms with Gasteiger partial charge in [0.1, 0.15) is 0 Å². The van der Waals surface area contributed by atoms with Gasteiger partial charge in [-0.3, -0.25) is 0 Å². The summed E-state index contributed by atoms with van der Waals surface area (Å²) in [5, 5.41) is 12.8. The summed E-state index contributed by atoms with van der Waals surface area (Å²) in [7, 11) is -3.50. The Morgan fingerprint density at radius 3 is 2.29 bits per heavy atom. The van der Waals surface area contributed by atoms with E-state index >= 15 is 0 Å². The molecule has 10 heteroatoms. The molecule has 0 bridgehead atoms. The van der Waals surface area contributed by atoms with Crippen LogP contribution >= 0.6 is 15.9 Å². The normalized spacial score (nSPS) is 15.7. The van der Waals surface area contributed by atoms with Gasteiger partial charge < -0.3 is 4.90 Å². The molecule has 146 valence electrons. The lowest BCUT2D eigenvalue weighted by Crippen LogP contribution is -2.49. The van der Waals surface area contributed by atoms with Crippen molar-refractivity contribution in [2.75, 3.05) is 31.1 Å². The van der Waals surface area contributed by atoms with Crippen molar-refractivity contribution in [2.45, 2.75) is 11.8 Å². The maximum Gasteiger partial charge on any atom is 0.243 e. The lowest BCUT2D eigenvalue weighted by molar-refractivity contribution is 0.383. The van der Waals surface area contributed by atoms with Gasteiger partial charge in [-0.05, 0) is 43.3 Å². The molecule has 1 aromatic carbocycles. The minimum atomic E-state index is -3.50. The third kappa shape index (κ3) is 3.80. The van der Waals surface area contributed by atoms with Gasteiger partial charge in [0.15, 0.2) is 11.6 Å². The molecule has 0 spiro atoms. The van der Waals surface area contributed by atoms with Crippen LogP contribution in [-0.4, -0.2) is 58.9 Å². The lowest BCUT2D eigenvalue weighted by Gasteiger charge is -2.34. The molecule has 0 unspecified atom stereocenters. The van der Waals surface area contributed by atoms with Crippen LogP contribution in [0.1, 0.15) is 5.69 Å². The van der Waals surface area contributed by atoms with E-state index in [1.54, 1.807) is 22.9 Å². The Morgan fingerprint density at radius 2 is 1.68 bits per heavy atom. The molecule has 0 saturated carbocycles. The smallest absolute Gasteiger partial charge is 0.243 e. The van der Waals surface area contributed by atoms with Crippen molar-refractivity contribution >= 4 is 31.8 Å². The van der Waals surface area contributed by atoms with Crippen molar-refractivity contribution in [3.63, 3.8) is 0 Å². The molecule has 1 saturated heterocycles. The monoisotopic (exact) mass is 462 g/mol. The minimum absolute atomic E-state index is 0.300. The standard InChI is InChI=1S/C18H19BrN6O2S/c1-14-7-8-25(22-14)18-6-5-17(20-21-18)23-9-11-24(12-10-23)28(26,27)16-4-2-3-15(19)13-16/h2-8,13H,9-12H2,1H3. The second kappa shape index (κ2) is 7.61. The van der Waals surface area contributed by atoms with Crippen molar-refractivity contribution in [1.29, 1.82) is 0 Å². The summed E-state index contributed by atoms with van der Waals surface area (Å²) in [6.07, 6.45) is 1.84. The SMILES string of the molecule is Cc1ccn(-c2ccc(N3CCN(S(=O)(=O)c4cccc(Br)c4)CC3)nn2)n1. The second-order valence-corrected chi connectivity index (χ2v) is 9.35. The van der Waals surface area contributed by atoms with Gasteiger partial charge in [-0.1, -0.05) is 22.0 Å². The number of sulfonamides is 1. The summed E-state index contributed by atoms with van der Waals surface area (Å²) in [6, 6.07) is 12.4. The maximum absolute atomic E-state index is 12.8. The quantitative estimate of drug-likeness (QED) is 0.590. The highest BCUT2D eigenvalue weighted by atomic mass is 79.9. The van der Waals surface area contributed by atoms with Gasteiger partial charge in [0, 0.05) is 36.8 Å². The fraction of sp³-hybridized carbons (Fsp3) is 0.278. The molecule has 0 atom stereocenters. The van der Waals surface area contributed by atoms with Crippen LogP contribution in [-0.2, 0) is 10.0 Å². The number of hydrogen-bond acceptors (Lipinski definition) is 6. The van der Waals surface area contributed by atoms with E-state index in [-0.39, 0.29) is 0 Å². The second-order valence-electron chi connectivity index (χ2n) is 6.50. The fourth-order valence-electron chi connectivity index (χ4n) is 3.09. The van der Waals surface area contributed by atoms with E-state index in [0.29, 0.717) is 36.9 Å². The van der Waals surface area contributed by atoms with Gasteiger partial charge in [0.05, 0.1) is 10.6 Å². The Bertz CT molecular complexity index is 1080. The topological polar surface area (TPSA) is 84.2 Å². The van der Waals surface area contributed by atoms with Gasteiger partial charge in [-0.15, -0.1) is 10.2 Å². The van der Waals surface area contributed by atoms with Crippen molar-refractivity contribution < 1.29 is 8.42 Å². The van der Waals surface area contributed by atoms with Crippen LogP contribution in [0.2, 0.25) is 0 Å². The van der Waals surface area contributed by atoms with Crippen LogP contribution in [0, 0.1) is 6.92 Å². The maximum atomic E-state index is 12.8. The van der Waals surface area contributed by atoms with E-state index in [2.05, 4.69) is 31.2 Å². The van der Waals surface area contributed by atoms with E-state index in [9.17, 15) is 8.42 Å². The summed E-state index contributed by atoms with van der Waals surface area (Å²) in [5.41, 5.74) is 0.911. The third-order valence-electron chi connectivity index (χ3n) is 4.59. The van der Waals surface area contributed by atoms with Crippen molar-refractivity contribution in [2.24, 2.45) is 0 Å². The molecule has 0 N–H and O–H groups in total. The molecule has 3 heterocycles. The van der Waals surface area contributed by atoms with Crippen LogP contribution < -0.4 is 4.90 Å². The van der Waals surface area contributed by atoms with Crippen molar-refractivity contribution in [1.82, 2.24) is 24.3 Å². The largest absolute Gasteiger partial charge is 0.352 e. The number of benzene rings is 1. The minimum Gasteiger partial charge on any atom is -0.352 e. The Balaban J connectivity index is 1.44. The number of aromatic nitrogens is 4. The Kier molecular flexibility index (Phi) is 5.17. The van der Waals surface area contributed by atoms with Crippen molar-refractivity contribution in [3.05, 3.63) is 58.8 Å². The number of nitrogens with zero attached hydrogens (tertiary/aromatic N) is 6. The molecule has 4 rings (SSSR count). The van der Waals surface area contributed by atoms with E-state index in [4.69, 9.17) is 0 Å².